The molecule has 0 aliphatic heterocycles. The van der Waals surface area contributed by atoms with Gasteiger partial charge >= 0.3 is 0 Å². The number of ether oxygens (including phenoxy) is 1. The van der Waals surface area contributed by atoms with Gasteiger partial charge in [0.2, 0.25) is 5.13 Å². The molecule has 0 bridgehead atoms. The Labute approximate surface area is 114 Å². The van der Waals surface area contributed by atoms with Crippen molar-refractivity contribution in [3.8, 4) is 0 Å². The molecular formula is C13H25N3OS. The minimum absolute atomic E-state index is 0.595. The van der Waals surface area contributed by atoms with Crippen molar-refractivity contribution in [3.05, 3.63) is 5.01 Å². The number of anilines is 1. The van der Waals surface area contributed by atoms with E-state index >= 15 is 0 Å². The quantitative estimate of drug-likeness (QED) is 0.621. The highest BCUT2D eigenvalue weighted by Crippen LogP contribution is 2.15. The monoisotopic (exact) mass is 271 g/mol. The maximum Gasteiger partial charge on any atom is 0.205 e. The smallest absolute Gasteiger partial charge is 0.205 e. The number of hydrogen-bond donors (Lipinski definition) is 1. The van der Waals surface area contributed by atoms with Gasteiger partial charge in [0.15, 0.2) is 0 Å². The number of unbranched alkanes of at least 4 members (excludes halogenated alkanes) is 5. The van der Waals surface area contributed by atoms with Crippen LogP contribution in [0.4, 0.5) is 5.13 Å². The average Bonchev–Trinajstić information content (AvgIpc) is 2.81. The lowest BCUT2D eigenvalue weighted by Crippen LogP contribution is -1.95. The third-order valence-electron chi connectivity index (χ3n) is 2.66. The second-order valence-electron chi connectivity index (χ2n) is 4.35. The van der Waals surface area contributed by atoms with Gasteiger partial charge in [-0.05, 0) is 13.3 Å². The first kappa shape index (κ1) is 15.4. The molecule has 0 amide bonds. The fourth-order valence-electron chi connectivity index (χ4n) is 1.68. The van der Waals surface area contributed by atoms with E-state index in [4.69, 9.17) is 4.74 Å². The predicted octanol–water partition coefficient (Wildman–Crippen LogP) is 3.85. The Morgan fingerprint density at radius 1 is 1.06 bits per heavy atom. The van der Waals surface area contributed by atoms with Crippen LogP contribution in [-0.4, -0.2) is 23.3 Å². The van der Waals surface area contributed by atoms with E-state index in [1.807, 2.05) is 0 Å². The Morgan fingerprint density at radius 2 is 1.83 bits per heavy atom. The van der Waals surface area contributed by atoms with Gasteiger partial charge in [0.1, 0.15) is 11.6 Å². The molecule has 0 unspecified atom stereocenters. The van der Waals surface area contributed by atoms with Crippen molar-refractivity contribution in [1.82, 2.24) is 10.2 Å². The summed E-state index contributed by atoms with van der Waals surface area (Å²) in [6.45, 7) is 6.61. The lowest BCUT2D eigenvalue weighted by Gasteiger charge is -2.01. The maximum atomic E-state index is 5.60. The van der Waals surface area contributed by atoms with Gasteiger partial charge in [0.05, 0.1) is 0 Å². The van der Waals surface area contributed by atoms with E-state index in [0.29, 0.717) is 6.61 Å². The Balaban J connectivity index is 1.96. The van der Waals surface area contributed by atoms with Crippen LogP contribution in [0.25, 0.3) is 0 Å². The van der Waals surface area contributed by atoms with Gasteiger partial charge in [-0.1, -0.05) is 50.4 Å². The van der Waals surface area contributed by atoms with Crippen LogP contribution in [0.3, 0.4) is 0 Å². The highest BCUT2D eigenvalue weighted by molar-refractivity contribution is 7.15. The van der Waals surface area contributed by atoms with E-state index in [1.54, 1.807) is 11.3 Å². The summed E-state index contributed by atoms with van der Waals surface area (Å²) in [5, 5.41) is 13.1. The molecule has 0 radical (unpaired) electrons. The molecule has 0 saturated heterocycles. The van der Waals surface area contributed by atoms with Gasteiger partial charge in [-0.2, -0.15) is 0 Å². The highest BCUT2D eigenvalue weighted by atomic mass is 32.1. The van der Waals surface area contributed by atoms with E-state index < -0.39 is 0 Å². The van der Waals surface area contributed by atoms with Crippen molar-refractivity contribution < 1.29 is 4.74 Å². The molecule has 1 aromatic rings. The summed E-state index contributed by atoms with van der Waals surface area (Å²) in [7, 11) is 0. The van der Waals surface area contributed by atoms with Crippen molar-refractivity contribution in [2.45, 2.75) is 59.0 Å². The van der Waals surface area contributed by atoms with Crippen LogP contribution in [0.2, 0.25) is 0 Å². The van der Waals surface area contributed by atoms with Crippen LogP contribution in [-0.2, 0) is 11.3 Å². The van der Waals surface area contributed by atoms with Crippen molar-refractivity contribution in [2.24, 2.45) is 0 Å². The van der Waals surface area contributed by atoms with E-state index in [0.717, 1.165) is 29.7 Å². The molecule has 1 heterocycles. The zero-order chi connectivity index (χ0) is 13.1. The van der Waals surface area contributed by atoms with Gasteiger partial charge in [-0.3, -0.25) is 0 Å². The molecular weight excluding hydrogens is 246 g/mol. The maximum absolute atomic E-state index is 5.60. The number of aromatic nitrogens is 2. The van der Waals surface area contributed by atoms with Crippen LogP contribution in [0.5, 0.6) is 0 Å². The molecule has 0 aliphatic carbocycles. The van der Waals surface area contributed by atoms with Crippen LogP contribution < -0.4 is 5.32 Å². The Kier molecular flexibility index (Phi) is 8.77. The molecule has 4 nitrogen and oxygen atoms in total. The number of nitrogens with zero attached hydrogens (tertiary/aromatic N) is 2. The van der Waals surface area contributed by atoms with Gasteiger partial charge in [-0.25, -0.2) is 0 Å². The first-order chi connectivity index (χ1) is 8.86. The second kappa shape index (κ2) is 10.3. The second-order valence-corrected chi connectivity index (χ2v) is 5.41. The molecule has 5 heteroatoms. The molecule has 1 rings (SSSR count). The van der Waals surface area contributed by atoms with Gasteiger partial charge < -0.3 is 10.1 Å². The summed E-state index contributed by atoms with van der Waals surface area (Å²) >= 11 is 1.57. The molecule has 1 N–H and O–H groups in total. The molecule has 0 saturated carbocycles. The fourth-order valence-corrected chi connectivity index (χ4v) is 2.42. The fraction of sp³-hybridized carbons (Fsp3) is 0.846. The van der Waals surface area contributed by atoms with E-state index in [2.05, 4.69) is 29.4 Å². The predicted molar refractivity (Wildman–Crippen MR) is 77.1 cm³/mol. The topological polar surface area (TPSA) is 47.0 Å². The van der Waals surface area contributed by atoms with Crippen LogP contribution in [0, 0.1) is 0 Å². The Bertz CT molecular complexity index is 304. The molecule has 0 spiro atoms. The van der Waals surface area contributed by atoms with Crippen LogP contribution in [0.1, 0.15) is 57.4 Å². The van der Waals surface area contributed by atoms with E-state index in [-0.39, 0.29) is 0 Å². The summed E-state index contributed by atoms with van der Waals surface area (Å²) in [5.74, 6) is 0. The summed E-state index contributed by atoms with van der Waals surface area (Å²) in [6.07, 6.45) is 7.79. The molecule has 1 aromatic heterocycles. The molecule has 0 atom stereocenters. The van der Waals surface area contributed by atoms with Crippen molar-refractivity contribution in [1.29, 1.82) is 0 Å². The molecule has 0 fully saturated rings. The summed E-state index contributed by atoms with van der Waals surface area (Å²) in [5.41, 5.74) is 0. The van der Waals surface area contributed by atoms with Crippen molar-refractivity contribution in [2.75, 3.05) is 18.5 Å². The summed E-state index contributed by atoms with van der Waals surface area (Å²) in [4.78, 5) is 0. The first-order valence-corrected chi connectivity index (χ1v) is 7.82. The number of nitrogens with one attached hydrogen (secondary N) is 1. The van der Waals surface area contributed by atoms with Gasteiger partial charge in [-0.15, -0.1) is 10.2 Å². The van der Waals surface area contributed by atoms with Gasteiger partial charge in [0, 0.05) is 13.2 Å². The SMILES string of the molecule is CCCCCCCCOCc1nnc(NCC)s1. The Morgan fingerprint density at radius 3 is 2.61 bits per heavy atom. The van der Waals surface area contributed by atoms with Crippen molar-refractivity contribution in [3.63, 3.8) is 0 Å². The van der Waals surface area contributed by atoms with Crippen LogP contribution in [0.15, 0.2) is 0 Å². The van der Waals surface area contributed by atoms with Gasteiger partial charge in [0.25, 0.3) is 0 Å². The van der Waals surface area contributed by atoms with E-state index in [1.165, 1.54) is 32.1 Å². The average molecular weight is 271 g/mol. The largest absolute Gasteiger partial charge is 0.374 e. The molecule has 104 valence electrons. The number of hydrogen-bond acceptors (Lipinski definition) is 5. The highest BCUT2D eigenvalue weighted by Gasteiger charge is 2.02. The zero-order valence-electron chi connectivity index (χ0n) is 11.6. The minimum Gasteiger partial charge on any atom is -0.374 e. The summed E-state index contributed by atoms with van der Waals surface area (Å²) in [6, 6.07) is 0. The van der Waals surface area contributed by atoms with Crippen molar-refractivity contribution >= 4 is 16.5 Å². The Hall–Kier alpha value is -0.680. The minimum atomic E-state index is 0.595. The van der Waals surface area contributed by atoms with Crippen LogP contribution >= 0.6 is 11.3 Å². The molecule has 0 aliphatic rings. The number of rotatable bonds is 11. The first-order valence-electron chi connectivity index (χ1n) is 7.00. The molecule has 18 heavy (non-hydrogen) atoms. The standard InChI is InChI=1S/C13H25N3OS/c1-3-5-6-7-8-9-10-17-11-12-15-16-13(18-12)14-4-2/h3-11H2,1-2H3,(H,14,16). The third kappa shape index (κ3) is 6.91. The lowest BCUT2D eigenvalue weighted by atomic mass is 10.1. The van der Waals surface area contributed by atoms with E-state index in [9.17, 15) is 0 Å². The molecule has 0 aromatic carbocycles. The lowest BCUT2D eigenvalue weighted by molar-refractivity contribution is 0.116. The normalized spacial score (nSPS) is 10.8. The summed E-state index contributed by atoms with van der Waals surface area (Å²) < 4.78 is 5.60. The third-order valence-corrected chi connectivity index (χ3v) is 3.52. The zero-order valence-corrected chi connectivity index (χ0v) is 12.4.